The van der Waals surface area contributed by atoms with Crippen LogP contribution in [0.15, 0.2) is 12.4 Å². The average Bonchev–Trinajstić information content (AvgIpc) is 3.34. The van der Waals surface area contributed by atoms with E-state index in [2.05, 4.69) is 37.1 Å². The van der Waals surface area contributed by atoms with Gasteiger partial charge in [-0.05, 0) is 113 Å². The summed E-state index contributed by atoms with van der Waals surface area (Å²) in [7, 11) is 4.33. The third-order valence-corrected chi connectivity index (χ3v) is 10.4. The number of nitriles is 1. The number of hydrogen-bond acceptors (Lipinski definition) is 5. The fraction of sp³-hybridized carbons (Fsp3) is 0.821. The molecule has 0 saturated heterocycles. The zero-order valence-electron chi connectivity index (χ0n) is 21.4. The molecule has 4 aliphatic rings. The van der Waals surface area contributed by atoms with Crippen LogP contribution in [0.3, 0.4) is 0 Å². The monoisotopic (exact) mass is 466 g/mol. The zero-order chi connectivity index (χ0) is 24.3. The normalized spacial score (nSPS) is 43.6. The maximum atomic E-state index is 13.7. The summed E-state index contributed by atoms with van der Waals surface area (Å²) >= 11 is 0. The molecule has 1 aromatic heterocycles. The third kappa shape index (κ3) is 4.13. The smallest absolute Gasteiger partial charge is 0.157 e. The first-order valence-corrected chi connectivity index (χ1v) is 13.4. The number of fused-ring (bicyclic) bond motifs is 5. The van der Waals surface area contributed by atoms with Crippen LogP contribution in [-0.4, -0.2) is 51.8 Å². The molecule has 4 saturated carbocycles. The van der Waals surface area contributed by atoms with Gasteiger partial charge in [-0.15, -0.1) is 0 Å². The number of carbonyl (C=O) groups excluding carboxylic acids is 1. The Morgan fingerprint density at radius 1 is 1.21 bits per heavy atom. The number of hydrogen-bond donors (Lipinski definition) is 1. The molecule has 0 amide bonds. The minimum absolute atomic E-state index is 0.0527. The third-order valence-electron chi connectivity index (χ3n) is 10.4. The summed E-state index contributed by atoms with van der Waals surface area (Å²) in [6.07, 6.45) is 12.2. The Balaban J connectivity index is 1.39. The molecule has 9 atom stereocenters. The summed E-state index contributed by atoms with van der Waals surface area (Å²) in [4.78, 5) is 16.0. The minimum atomic E-state index is -0.479. The molecular formula is C28H42N4O2. The number of ketones is 1. The van der Waals surface area contributed by atoms with Crippen LogP contribution in [0.25, 0.3) is 0 Å². The SMILES string of the molecule is CN(C)C[C@@H]1C[C@H](C(=O)Cn2cc(C#N)cn2)[C@@]2(C)CC[C@H]3[C@@H](CC[C@@H]4C[C@](C)(O)CC[C@@H]43)[C@H]12. The molecule has 0 spiro atoms. The molecule has 1 aromatic rings. The summed E-state index contributed by atoms with van der Waals surface area (Å²) in [5.41, 5.74) is 0.0856. The lowest BCUT2D eigenvalue weighted by Crippen LogP contribution is -2.52. The summed E-state index contributed by atoms with van der Waals surface area (Å²) in [6.45, 7) is 5.79. The highest BCUT2D eigenvalue weighted by molar-refractivity contribution is 5.82. The molecule has 6 nitrogen and oxygen atoms in total. The van der Waals surface area contributed by atoms with Gasteiger partial charge in [0.1, 0.15) is 6.07 Å². The van der Waals surface area contributed by atoms with Crippen molar-refractivity contribution in [3.05, 3.63) is 18.0 Å². The molecule has 1 heterocycles. The van der Waals surface area contributed by atoms with Crippen molar-refractivity contribution in [1.82, 2.24) is 14.7 Å². The zero-order valence-corrected chi connectivity index (χ0v) is 21.4. The van der Waals surface area contributed by atoms with E-state index in [0.717, 1.165) is 44.1 Å². The van der Waals surface area contributed by atoms with Crippen molar-refractivity contribution in [1.29, 1.82) is 5.26 Å². The van der Waals surface area contributed by atoms with Crippen LogP contribution in [0.5, 0.6) is 0 Å². The quantitative estimate of drug-likeness (QED) is 0.705. The Kier molecular flexibility index (Phi) is 6.18. The molecule has 0 radical (unpaired) electrons. The van der Waals surface area contributed by atoms with Crippen LogP contribution in [0.1, 0.15) is 70.8 Å². The van der Waals surface area contributed by atoms with Gasteiger partial charge in [-0.3, -0.25) is 9.48 Å². The molecule has 4 aliphatic carbocycles. The van der Waals surface area contributed by atoms with E-state index in [4.69, 9.17) is 5.26 Å². The van der Waals surface area contributed by atoms with Gasteiger partial charge in [-0.2, -0.15) is 10.4 Å². The van der Waals surface area contributed by atoms with E-state index in [-0.39, 0.29) is 17.9 Å². The van der Waals surface area contributed by atoms with Crippen molar-refractivity contribution >= 4 is 5.78 Å². The second-order valence-electron chi connectivity index (χ2n) is 13.0. The van der Waals surface area contributed by atoms with Crippen LogP contribution < -0.4 is 0 Å². The highest BCUT2D eigenvalue weighted by Crippen LogP contribution is 2.66. The highest BCUT2D eigenvalue weighted by Gasteiger charge is 2.61. The number of Topliss-reactive ketones (excluding diaryl/α,β-unsaturated/α-hetero) is 1. The number of carbonyl (C=O) groups is 1. The van der Waals surface area contributed by atoms with E-state index < -0.39 is 5.60 Å². The number of aliphatic hydroxyl groups is 1. The van der Waals surface area contributed by atoms with E-state index >= 15 is 0 Å². The summed E-state index contributed by atoms with van der Waals surface area (Å²) in [5.74, 6) is 4.42. The van der Waals surface area contributed by atoms with Crippen LogP contribution in [-0.2, 0) is 11.3 Å². The lowest BCUT2D eigenvalue weighted by atomic mass is 9.48. The Bertz CT molecular complexity index is 962. The van der Waals surface area contributed by atoms with Crippen molar-refractivity contribution in [3.8, 4) is 6.07 Å². The topological polar surface area (TPSA) is 82.2 Å². The Labute approximate surface area is 204 Å². The average molecular weight is 467 g/mol. The summed E-state index contributed by atoms with van der Waals surface area (Å²) < 4.78 is 1.66. The fourth-order valence-electron chi connectivity index (χ4n) is 9.30. The van der Waals surface area contributed by atoms with Crippen molar-refractivity contribution < 1.29 is 9.90 Å². The van der Waals surface area contributed by atoms with Crippen LogP contribution >= 0.6 is 0 Å². The Morgan fingerprint density at radius 3 is 2.68 bits per heavy atom. The van der Waals surface area contributed by atoms with E-state index in [1.165, 1.54) is 25.7 Å². The first-order valence-electron chi connectivity index (χ1n) is 13.4. The molecule has 0 aliphatic heterocycles. The van der Waals surface area contributed by atoms with E-state index in [1.54, 1.807) is 17.1 Å². The van der Waals surface area contributed by atoms with Gasteiger partial charge in [0.2, 0.25) is 0 Å². The summed E-state index contributed by atoms with van der Waals surface area (Å²) in [5, 5.41) is 24.1. The van der Waals surface area contributed by atoms with Gasteiger partial charge < -0.3 is 10.0 Å². The molecule has 0 aromatic carbocycles. The molecule has 186 valence electrons. The van der Waals surface area contributed by atoms with Crippen molar-refractivity contribution in [2.24, 2.45) is 46.8 Å². The van der Waals surface area contributed by atoms with Gasteiger partial charge in [-0.1, -0.05) is 6.92 Å². The minimum Gasteiger partial charge on any atom is -0.390 e. The lowest BCUT2D eigenvalue weighted by molar-refractivity contribution is -0.134. The van der Waals surface area contributed by atoms with Gasteiger partial charge in [-0.25, -0.2) is 0 Å². The van der Waals surface area contributed by atoms with Gasteiger partial charge in [0.25, 0.3) is 0 Å². The molecule has 4 fully saturated rings. The fourth-order valence-corrected chi connectivity index (χ4v) is 9.30. The largest absolute Gasteiger partial charge is 0.390 e. The molecule has 0 bridgehead atoms. The van der Waals surface area contributed by atoms with Gasteiger partial charge in [0.15, 0.2) is 5.78 Å². The van der Waals surface area contributed by atoms with E-state index in [0.29, 0.717) is 35.0 Å². The van der Waals surface area contributed by atoms with Crippen LogP contribution in [0.2, 0.25) is 0 Å². The van der Waals surface area contributed by atoms with Gasteiger partial charge >= 0.3 is 0 Å². The molecular weight excluding hydrogens is 424 g/mol. The second kappa shape index (κ2) is 8.75. The molecule has 0 unspecified atom stereocenters. The molecule has 6 heteroatoms. The van der Waals surface area contributed by atoms with Crippen molar-refractivity contribution in [2.75, 3.05) is 20.6 Å². The first-order chi connectivity index (χ1) is 16.1. The molecule has 5 rings (SSSR count). The predicted octanol–water partition coefficient (Wildman–Crippen LogP) is 4.13. The second-order valence-corrected chi connectivity index (χ2v) is 13.0. The lowest BCUT2D eigenvalue weighted by Gasteiger charge is -2.57. The standard InChI is InChI=1S/C28H42N4O2/c1-27(34)9-7-21-19(12-27)5-6-23-22(21)8-10-28(2)24(11-20(26(23)28)16-31(3)4)25(33)17-32-15-18(13-29)14-30-32/h14-15,19-24,26,34H,5-12,16-17H2,1-4H3/t19-,20+,21+,22-,23-,24-,26+,27-,28-/m1/s1. The van der Waals surface area contributed by atoms with Gasteiger partial charge in [0.05, 0.1) is 23.9 Å². The van der Waals surface area contributed by atoms with E-state index in [1.807, 2.05) is 6.92 Å². The number of rotatable bonds is 5. The van der Waals surface area contributed by atoms with Crippen LogP contribution in [0, 0.1) is 58.2 Å². The highest BCUT2D eigenvalue weighted by atomic mass is 16.3. The number of nitrogens with zero attached hydrogens (tertiary/aromatic N) is 4. The van der Waals surface area contributed by atoms with Crippen molar-refractivity contribution in [3.63, 3.8) is 0 Å². The summed E-state index contributed by atoms with van der Waals surface area (Å²) in [6, 6.07) is 2.11. The maximum absolute atomic E-state index is 13.7. The number of aromatic nitrogens is 2. The van der Waals surface area contributed by atoms with Gasteiger partial charge in [0, 0.05) is 18.7 Å². The molecule has 1 N–H and O–H groups in total. The Morgan fingerprint density at radius 2 is 1.97 bits per heavy atom. The maximum Gasteiger partial charge on any atom is 0.157 e. The van der Waals surface area contributed by atoms with Crippen LogP contribution in [0.4, 0.5) is 0 Å². The first kappa shape index (κ1) is 24.0. The van der Waals surface area contributed by atoms with E-state index in [9.17, 15) is 9.90 Å². The van der Waals surface area contributed by atoms with Crippen molar-refractivity contribution in [2.45, 2.75) is 77.4 Å². The Hall–Kier alpha value is -1.71. The molecule has 34 heavy (non-hydrogen) atoms. The predicted molar refractivity (Wildman–Crippen MR) is 131 cm³/mol.